The predicted octanol–water partition coefficient (Wildman–Crippen LogP) is 1.09. The lowest BCUT2D eigenvalue weighted by molar-refractivity contribution is 0.622. The minimum Gasteiger partial charge on any atom is -0.370 e. The van der Waals surface area contributed by atoms with E-state index in [0.29, 0.717) is 18.4 Å². The van der Waals surface area contributed by atoms with Crippen molar-refractivity contribution >= 4 is 5.96 Å². The quantitative estimate of drug-likeness (QED) is 0.575. The van der Waals surface area contributed by atoms with Crippen LogP contribution in [0.1, 0.15) is 19.4 Å². The van der Waals surface area contributed by atoms with Gasteiger partial charge in [-0.25, -0.2) is 4.99 Å². The van der Waals surface area contributed by atoms with E-state index in [4.69, 9.17) is 5.73 Å². The molecule has 0 aliphatic carbocycles. The van der Waals surface area contributed by atoms with Crippen LogP contribution in [0.2, 0.25) is 0 Å². The Morgan fingerprint density at radius 3 is 2.87 bits per heavy atom. The van der Waals surface area contributed by atoms with E-state index < -0.39 is 0 Å². The maximum absolute atomic E-state index is 5.71. The van der Waals surface area contributed by atoms with Gasteiger partial charge in [0, 0.05) is 26.0 Å². The molecule has 0 aromatic carbocycles. The maximum atomic E-state index is 5.71. The van der Waals surface area contributed by atoms with Crippen LogP contribution in [0.15, 0.2) is 23.5 Å². The molecule has 0 amide bonds. The van der Waals surface area contributed by atoms with Crippen molar-refractivity contribution in [3.8, 4) is 0 Å². The number of rotatable bonds is 4. The monoisotopic (exact) mass is 208 g/mol. The van der Waals surface area contributed by atoms with Gasteiger partial charge in [-0.1, -0.05) is 13.8 Å². The van der Waals surface area contributed by atoms with Gasteiger partial charge in [-0.15, -0.1) is 0 Å². The van der Waals surface area contributed by atoms with Gasteiger partial charge in [-0.05, 0) is 17.5 Å². The number of nitrogens with two attached hydrogens (primary N) is 1. The molecule has 1 heterocycles. The summed E-state index contributed by atoms with van der Waals surface area (Å²) in [7, 11) is 1.99. The highest BCUT2D eigenvalue weighted by atomic mass is 15.1. The van der Waals surface area contributed by atoms with Gasteiger partial charge in [0.25, 0.3) is 0 Å². The molecule has 1 aromatic rings. The highest BCUT2D eigenvalue weighted by Gasteiger charge is 1.96. The van der Waals surface area contributed by atoms with Crippen molar-refractivity contribution in [2.24, 2.45) is 23.7 Å². The first-order valence-electron chi connectivity index (χ1n) is 5.22. The fourth-order valence-corrected chi connectivity index (χ4v) is 1.20. The van der Waals surface area contributed by atoms with Crippen LogP contribution in [-0.4, -0.2) is 17.1 Å². The highest BCUT2D eigenvalue weighted by molar-refractivity contribution is 5.77. The predicted molar refractivity (Wildman–Crippen MR) is 63.6 cm³/mol. The van der Waals surface area contributed by atoms with E-state index >= 15 is 0 Å². The number of guanidine groups is 1. The first kappa shape index (κ1) is 11.6. The van der Waals surface area contributed by atoms with Crippen LogP contribution < -0.4 is 11.1 Å². The Morgan fingerprint density at radius 2 is 2.33 bits per heavy atom. The normalized spacial score (nSPS) is 12.1. The molecule has 0 aliphatic heterocycles. The van der Waals surface area contributed by atoms with Gasteiger partial charge >= 0.3 is 0 Å². The zero-order chi connectivity index (χ0) is 11.3. The summed E-state index contributed by atoms with van der Waals surface area (Å²) < 4.78 is 2.00. The summed E-state index contributed by atoms with van der Waals surface area (Å²) in [5, 5.41) is 3.08. The van der Waals surface area contributed by atoms with Crippen LogP contribution in [0.5, 0.6) is 0 Å². The SMILES string of the molecule is CC(C)CNC(N)=NCc1ccn(C)c1. The Bertz CT molecular complexity index is 325. The van der Waals surface area contributed by atoms with Gasteiger partial charge in [-0.2, -0.15) is 0 Å². The summed E-state index contributed by atoms with van der Waals surface area (Å²) >= 11 is 0. The lowest BCUT2D eigenvalue weighted by Crippen LogP contribution is -2.34. The van der Waals surface area contributed by atoms with Crippen molar-refractivity contribution in [1.29, 1.82) is 0 Å². The number of nitrogens with zero attached hydrogens (tertiary/aromatic N) is 2. The minimum atomic E-state index is 0.521. The lowest BCUT2D eigenvalue weighted by atomic mass is 10.2. The number of aromatic nitrogens is 1. The van der Waals surface area contributed by atoms with Crippen LogP contribution in [0.3, 0.4) is 0 Å². The zero-order valence-corrected chi connectivity index (χ0v) is 9.70. The molecule has 84 valence electrons. The summed E-state index contributed by atoms with van der Waals surface area (Å²) in [5.74, 6) is 1.10. The first-order valence-corrected chi connectivity index (χ1v) is 5.22. The van der Waals surface area contributed by atoms with E-state index in [-0.39, 0.29) is 0 Å². The molecule has 0 fully saturated rings. The number of hydrogen-bond acceptors (Lipinski definition) is 1. The molecule has 0 aliphatic rings. The Balaban J connectivity index is 2.36. The first-order chi connectivity index (χ1) is 7.08. The van der Waals surface area contributed by atoms with Gasteiger partial charge in [-0.3, -0.25) is 0 Å². The molecule has 1 aromatic heterocycles. The molecular formula is C11H20N4. The zero-order valence-electron chi connectivity index (χ0n) is 9.70. The summed E-state index contributed by atoms with van der Waals surface area (Å²) in [5.41, 5.74) is 6.88. The summed E-state index contributed by atoms with van der Waals surface area (Å²) in [6.45, 7) is 5.77. The molecule has 3 N–H and O–H groups in total. The van der Waals surface area contributed by atoms with Crippen LogP contribution in [0.4, 0.5) is 0 Å². The van der Waals surface area contributed by atoms with Crippen molar-refractivity contribution in [3.63, 3.8) is 0 Å². The van der Waals surface area contributed by atoms with Crippen molar-refractivity contribution in [2.75, 3.05) is 6.54 Å². The Labute approximate surface area is 91.2 Å². The lowest BCUT2D eigenvalue weighted by Gasteiger charge is -2.07. The van der Waals surface area contributed by atoms with E-state index in [1.807, 2.05) is 30.1 Å². The average molecular weight is 208 g/mol. The van der Waals surface area contributed by atoms with Crippen molar-refractivity contribution in [2.45, 2.75) is 20.4 Å². The van der Waals surface area contributed by atoms with E-state index in [1.54, 1.807) is 0 Å². The molecule has 0 atom stereocenters. The summed E-state index contributed by atoms with van der Waals surface area (Å²) in [4.78, 5) is 4.25. The van der Waals surface area contributed by atoms with Crippen LogP contribution >= 0.6 is 0 Å². The van der Waals surface area contributed by atoms with Gasteiger partial charge in [0.15, 0.2) is 5.96 Å². The molecule has 0 spiro atoms. The number of hydrogen-bond donors (Lipinski definition) is 2. The Kier molecular flexibility index (Phi) is 4.21. The van der Waals surface area contributed by atoms with Gasteiger partial charge in [0.1, 0.15) is 0 Å². The van der Waals surface area contributed by atoms with Crippen molar-refractivity contribution in [3.05, 3.63) is 24.0 Å². The Morgan fingerprint density at radius 1 is 1.60 bits per heavy atom. The van der Waals surface area contributed by atoms with E-state index in [9.17, 15) is 0 Å². The van der Waals surface area contributed by atoms with Gasteiger partial charge in [0.2, 0.25) is 0 Å². The largest absolute Gasteiger partial charge is 0.370 e. The minimum absolute atomic E-state index is 0.521. The average Bonchev–Trinajstić information content (AvgIpc) is 2.58. The molecule has 0 saturated heterocycles. The molecule has 0 radical (unpaired) electrons. The van der Waals surface area contributed by atoms with Crippen LogP contribution in [0, 0.1) is 5.92 Å². The van der Waals surface area contributed by atoms with E-state index in [2.05, 4.69) is 24.2 Å². The molecule has 15 heavy (non-hydrogen) atoms. The molecule has 0 bridgehead atoms. The number of aliphatic imine (C=N–C) groups is 1. The Hall–Kier alpha value is -1.45. The fraction of sp³-hybridized carbons (Fsp3) is 0.545. The van der Waals surface area contributed by atoms with Gasteiger partial charge < -0.3 is 15.6 Å². The molecule has 1 rings (SSSR count). The van der Waals surface area contributed by atoms with E-state index in [1.165, 1.54) is 5.56 Å². The second-order valence-corrected chi connectivity index (χ2v) is 4.16. The van der Waals surface area contributed by atoms with Crippen molar-refractivity contribution < 1.29 is 0 Å². The van der Waals surface area contributed by atoms with Gasteiger partial charge in [0.05, 0.1) is 6.54 Å². The van der Waals surface area contributed by atoms with Crippen molar-refractivity contribution in [1.82, 2.24) is 9.88 Å². The second kappa shape index (κ2) is 5.44. The second-order valence-electron chi connectivity index (χ2n) is 4.16. The summed E-state index contributed by atoms with van der Waals surface area (Å²) in [6, 6.07) is 2.04. The van der Waals surface area contributed by atoms with Crippen LogP contribution in [0.25, 0.3) is 0 Å². The number of nitrogens with one attached hydrogen (secondary N) is 1. The van der Waals surface area contributed by atoms with E-state index in [0.717, 1.165) is 6.54 Å². The maximum Gasteiger partial charge on any atom is 0.188 e. The highest BCUT2D eigenvalue weighted by Crippen LogP contribution is 2.00. The summed E-state index contributed by atoms with van der Waals surface area (Å²) in [6.07, 6.45) is 4.04. The smallest absolute Gasteiger partial charge is 0.188 e. The molecule has 4 heteroatoms. The van der Waals surface area contributed by atoms with Crippen LogP contribution in [-0.2, 0) is 13.6 Å². The fourth-order valence-electron chi connectivity index (χ4n) is 1.20. The molecule has 0 unspecified atom stereocenters. The standard InChI is InChI=1S/C11H20N4/c1-9(2)6-13-11(12)14-7-10-4-5-15(3)8-10/h4-5,8-9H,6-7H2,1-3H3,(H3,12,13,14). The number of aryl methyl sites for hydroxylation is 1. The molecular weight excluding hydrogens is 188 g/mol. The third kappa shape index (κ3) is 4.54. The topological polar surface area (TPSA) is 55.3 Å². The third-order valence-electron chi connectivity index (χ3n) is 2.02. The third-order valence-corrected chi connectivity index (χ3v) is 2.02. The molecule has 4 nitrogen and oxygen atoms in total. The molecule has 0 saturated carbocycles.